The standard InChI is InChI=1S/C19H20N2O6/c22-15-9-13(10-16(23)11-15)19(27)20-6-2-5-17(24)21-14-4-1-3-12(7-14)8-18(25)26/h1,3-4,7,9-11,22-23H,2,5-6,8H2,(H,20,27)(H,21,24)(H,25,26). The van der Waals surface area contributed by atoms with Gasteiger partial charge in [0.05, 0.1) is 6.42 Å². The van der Waals surface area contributed by atoms with Crippen molar-refractivity contribution < 1.29 is 29.7 Å². The lowest BCUT2D eigenvalue weighted by molar-refractivity contribution is -0.136. The maximum Gasteiger partial charge on any atom is 0.307 e. The number of carboxylic acid groups (broad SMARTS) is 1. The van der Waals surface area contributed by atoms with Crippen molar-refractivity contribution in [3.8, 4) is 11.5 Å². The van der Waals surface area contributed by atoms with Crippen LogP contribution in [0.3, 0.4) is 0 Å². The van der Waals surface area contributed by atoms with Gasteiger partial charge in [-0.3, -0.25) is 14.4 Å². The number of carbonyl (C=O) groups excluding carboxylic acids is 2. The van der Waals surface area contributed by atoms with Gasteiger partial charge in [0, 0.05) is 30.3 Å². The Morgan fingerprint density at radius 3 is 2.33 bits per heavy atom. The Bertz CT molecular complexity index is 830. The molecule has 0 atom stereocenters. The van der Waals surface area contributed by atoms with E-state index in [2.05, 4.69) is 10.6 Å². The third kappa shape index (κ3) is 6.69. The van der Waals surface area contributed by atoms with Crippen molar-refractivity contribution in [1.82, 2.24) is 5.32 Å². The Balaban J connectivity index is 1.76. The van der Waals surface area contributed by atoms with Crippen LogP contribution < -0.4 is 10.6 Å². The molecule has 2 rings (SSSR count). The zero-order valence-corrected chi connectivity index (χ0v) is 14.4. The summed E-state index contributed by atoms with van der Waals surface area (Å²) in [4.78, 5) is 34.6. The summed E-state index contributed by atoms with van der Waals surface area (Å²) in [6, 6.07) is 10.2. The Kier molecular flexibility index (Phi) is 6.76. The number of anilines is 1. The van der Waals surface area contributed by atoms with E-state index in [-0.39, 0.29) is 42.4 Å². The van der Waals surface area contributed by atoms with Crippen LogP contribution in [0.25, 0.3) is 0 Å². The normalized spacial score (nSPS) is 10.2. The number of hydrogen-bond acceptors (Lipinski definition) is 5. The minimum Gasteiger partial charge on any atom is -0.508 e. The Morgan fingerprint density at radius 2 is 1.67 bits per heavy atom. The number of aliphatic carboxylic acids is 1. The van der Waals surface area contributed by atoms with Crippen LogP contribution in [0.1, 0.15) is 28.8 Å². The molecular weight excluding hydrogens is 352 g/mol. The molecule has 2 aromatic rings. The van der Waals surface area contributed by atoms with Gasteiger partial charge in [0.25, 0.3) is 5.91 Å². The maximum atomic E-state index is 11.9. The van der Waals surface area contributed by atoms with Gasteiger partial charge in [-0.1, -0.05) is 12.1 Å². The van der Waals surface area contributed by atoms with Crippen LogP contribution in [-0.4, -0.2) is 39.6 Å². The fourth-order valence-corrected chi connectivity index (χ4v) is 2.44. The number of carboxylic acids is 1. The molecule has 0 radical (unpaired) electrons. The first-order chi connectivity index (χ1) is 12.8. The molecular formula is C19H20N2O6. The lowest BCUT2D eigenvalue weighted by Crippen LogP contribution is -2.25. The number of rotatable bonds is 8. The van der Waals surface area contributed by atoms with Crippen molar-refractivity contribution in [3.63, 3.8) is 0 Å². The lowest BCUT2D eigenvalue weighted by Gasteiger charge is -2.08. The zero-order chi connectivity index (χ0) is 19.8. The van der Waals surface area contributed by atoms with Crippen molar-refractivity contribution >= 4 is 23.5 Å². The third-order valence-corrected chi connectivity index (χ3v) is 3.60. The van der Waals surface area contributed by atoms with Gasteiger partial charge in [0.2, 0.25) is 5.91 Å². The van der Waals surface area contributed by atoms with Gasteiger partial charge in [-0.2, -0.15) is 0 Å². The second-order valence-corrected chi connectivity index (χ2v) is 5.92. The summed E-state index contributed by atoms with van der Waals surface area (Å²) in [5, 5.41) is 32.8. The van der Waals surface area contributed by atoms with E-state index in [0.29, 0.717) is 17.7 Å². The number of carbonyl (C=O) groups is 3. The molecule has 0 heterocycles. The molecule has 0 unspecified atom stereocenters. The molecule has 0 aliphatic carbocycles. The summed E-state index contributed by atoms with van der Waals surface area (Å²) < 4.78 is 0. The SMILES string of the molecule is O=C(O)Cc1cccc(NC(=O)CCCNC(=O)c2cc(O)cc(O)c2)c1. The highest BCUT2D eigenvalue weighted by Crippen LogP contribution is 2.20. The molecule has 0 aromatic heterocycles. The summed E-state index contributed by atoms with van der Waals surface area (Å²) in [6.45, 7) is 0.238. The fourth-order valence-electron chi connectivity index (χ4n) is 2.44. The molecule has 0 saturated carbocycles. The molecule has 8 heteroatoms. The van der Waals surface area contributed by atoms with Gasteiger partial charge >= 0.3 is 5.97 Å². The lowest BCUT2D eigenvalue weighted by atomic mass is 10.1. The minimum atomic E-state index is -0.950. The first kappa shape index (κ1) is 19.8. The number of nitrogens with one attached hydrogen (secondary N) is 2. The van der Waals surface area contributed by atoms with Gasteiger partial charge < -0.3 is 26.0 Å². The highest BCUT2D eigenvalue weighted by Gasteiger charge is 2.09. The van der Waals surface area contributed by atoms with Crippen LogP contribution in [0.4, 0.5) is 5.69 Å². The average molecular weight is 372 g/mol. The summed E-state index contributed by atoms with van der Waals surface area (Å²) in [6.07, 6.45) is 0.423. The highest BCUT2D eigenvalue weighted by atomic mass is 16.4. The van der Waals surface area contributed by atoms with E-state index in [9.17, 15) is 24.6 Å². The topological polar surface area (TPSA) is 136 Å². The van der Waals surface area contributed by atoms with E-state index in [4.69, 9.17) is 5.11 Å². The monoisotopic (exact) mass is 372 g/mol. The summed E-state index contributed by atoms with van der Waals surface area (Å²) in [5.74, 6) is -2.11. The Hall–Kier alpha value is -3.55. The van der Waals surface area contributed by atoms with Crippen molar-refractivity contribution in [2.75, 3.05) is 11.9 Å². The number of benzene rings is 2. The predicted molar refractivity (Wildman–Crippen MR) is 97.8 cm³/mol. The molecule has 0 aliphatic heterocycles. The van der Waals surface area contributed by atoms with Gasteiger partial charge in [0.1, 0.15) is 11.5 Å². The van der Waals surface area contributed by atoms with Crippen LogP contribution in [0, 0.1) is 0 Å². The molecule has 0 aliphatic rings. The Morgan fingerprint density at radius 1 is 0.963 bits per heavy atom. The molecule has 2 amide bonds. The van der Waals surface area contributed by atoms with Crippen molar-refractivity contribution in [1.29, 1.82) is 0 Å². The summed E-state index contributed by atoms with van der Waals surface area (Å²) in [7, 11) is 0. The number of amides is 2. The molecule has 0 saturated heterocycles. The van der Waals surface area contributed by atoms with Crippen molar-refractivity contribution in [2.45, 2.75) is 19.3 Å². The van der Waals surface area contributed by atoms with Gasteiger partial charge in [-0.25, -0.2) is 0 Å². The third-order valence-electron chi connectivity index (χ3n) is 3.60. The van der Waals surface area contributed by atoms with E-state index < -0.39 is 11.9 Å². The van der Waals surface area contributed by atoms with Crippen LogP contribution in [0.2, 0.25) is 0 Å². The molecule has 0 bridgehead atoms. The molecule has 27 heavy (non-hydrogen) atoms. The summed E-state index contributed by atoms with van der Waals surface area (Å²) in [5.41, 5.74) is 1.21. The van der Waals surface area contributed by atoms with Crippen LogP contribution >= 0.6 is 0 Å². The minimum absolute atomic E-state index is 0.118. The first-order valence-electron chi connectivity index (χ1n) is 8.25. The fraction of sp³-hybridized carbons (Fsp3) is 0.211. The van der Waals surface area contributed by atoms with Gasteiger partial charge in [0.15, 0.2) is 0 Å². The molecule has 5 N–H and O–H groups in total. The van der Waals surface area contributed by atoms with E-state index in [1.54, 1.807) is 24.3 Å². The number of hydrogen-bond donors (Lipinski definition) is 5. The van der Waals surface area contributed by atoms with Crippen LogP contribution in [0.15, 0.2) is 42.5 Å². The number of phenolic OH excluding ortho intramolecular Hbond substituents is 2. The van der Waals surface area contributed by atoms with E-state index >= 15 is 0 Å². The Labute approximate surface area is 155 Å². The van der Waals surface area contributed by atoms with Crippen LogP contribution in [0.5, 0.6) is 11.5 Å². The molecule has 142 valence electrons. The highest BCUT2D eigenvalue weighted by molar-refractivity contribution is 5.95. The second kappa shape index (κ2) is 9.23. The largest absolute Gasteiger partial charge is 0.508 e. The molecule has 0 fully saturated rings. The number of phenols is 2. The second-order valence-electron chi connectivity index (χ2n) is 5.92. The van der Waals surface area contributed by atoms with E-state index in [1.165, 1.54) is 12.1 Å². The molecule has 8 nitrogen and oxygen atoms in total. The number of aromatic hydroxyl groups is 2. The predicted octanol–water partition coefficient (Wildman–Crippen LogP) is 1.87. The maximum absolute atomic E-state index is 11.9. The first-order valence-corrected chi connectivity index (χ1v) is 8.25. The smallest absolute Gasteiger partial charge is 0.307 e. The van der Waals surface area contributed by atoms with Crippen molar-refractivity contribution in [2.24, 2.45) is 0 Å². The van der Waals surface area contributed by atoms with Gasteiger partial charge in [-0.15, -0.1) is 0 Å². The molecule has 2 aromatic carbocycles. The quantitative estimate of drug-likeness (QED) is 0.449. The molecule has 0 spiro atoms. The van der Waals surface area contributed by atoms with Gasteiger partial charge in [-0.05, 0) is 36.2 Å². The summed E-state index contributed by atoms with van der Waals surface area (Å²) >= 11 is 0. The zero-order valence-electron chi connectivity index (χ0n) is 14.4. The average Bonchev–Trinajstić information content (AvgIpc) is 2.57. The van der Waals surface area contributed by atoms with E-state index in [0.717, 1.165) is 6.07 Å². The van der Waals surface area contributed by atoms with E-state index in [1.807, 2.05) is 0 Å². The van der Waals surface area contributed by atoms with Crippen LogP contribution in [-0.2, 0) is 16.0 Å². The van der Waals surface area contributed by atoms with Crippen molar-refractivity contribution in [3.05, 3.63) is 53.6 Å².